The van der Waals surface area contributed by atoms with E-state index in [2.05, 4.69) is 37.4 Å². The van der Waals surface area contributed by atoms with Gasteiger partial charge in [-0.25, -0.2) is 0 Å². The number of rotatable bonds is 2. The second kappa shape index (κ2) is 4.84. The Morgan fingerprint density at radius 3 is 2.68 bits per heavy atom. The van der Waals surface area contributed by atoms with Gasteiger partial charge in [0, 0.05) is 23.8 Å². The average Bonchev–Trinajstić information content (AvgIpc) is 2.44. The monoisotopic (exact) mass is 254 g/mol. The number of benzene rings is 1. The van der Waals surface area contributed by atoms with Crippen LogP contribution in [0.1, 0.15) is 49.4 Å². The van der Waals surface area contributed by atoms with Gasteiger partial charge in [0.05, 0.1) is 5.52 Å². The molecule has 0 amide bonds. The van der Waals surface area contributed by atoms with Gasteiger partial charge in [-0.1, -0.05) is 19.9 Å². The summed E-state index contributed by atoms with van der Waals surface area (Å²) in [6.45, 7) is 4.48. The minimum Gasteiger partial charge on any atom is -0.387 e. The second-order valence-corrected chi connectivity index (χ2v) is 5.80. The first-order valence-corrected chi connectivity index (χ1v) is 7.34. The van der Waals surface area contributed by atoms with Gasteiger partial charge in [-0.15, -0.1) is 0 Å². The molecule has 19 heavy (non-hydrogen) atoms. The number of aromatic nitrogens is 1. The quantitative estimate of drug-likeness (QED) is 0.865. The summed E-state index contributed by atoms with van der Waals surface area (Å²) in [6.07, 6.45) is 4.86. The molecule has 1 N–H and O–H groups in total. The van der Waals surface area contributed by atoms with Gasteiger partial charge in [0.15, 0.2) is 0 Å². The van der Waals surface area contributed by atoms with Crippen molar-refractivity contribution < 1.29 is 0 Å². The Morgan fingerprint density at radius 1 is 1.16 bits per heavy atom. The molecule has 3 rings (SSSR count). The van der Waals surface area contributed by atoms with E-state index in [1.807, 2.05) is 7.05 Å². The van der Waals surface area contributed by atoms with Crippen LogP contribution in [0.4, 0.5) is 5.69 Å². The van der Waals surface area contributed by atoms with Crippen LogP contribution in [0.5, 0.6) is 0 Å². The van der Waals surface area contributed by atoms with Gasteiger partial charge in [0.25, 0.3) is 0 Å². The van der Waals surface area contributed by atoms with Gasteiger partial charge in [-0.05, 0) is 54.9 Å². The Labute approximate surface area is 115 Å². The summed E-state index contributed by atoms with van der Waals surface area (Å²) in [5, 5.41) is 4.71. The highest BCUT2D eigenvalue weighted by atomic mass is 14.9. The van der Waals surface area contributed by atoms with Crippen molar-refractivity contribution in [3.63, 3.8) is 0 Å². The molecule has 2 aromatic rings. The maximum atomic E-state index is 4.88. The molecule has 1 aliphatic carbocycles. The Hall–Kier alpha value is -1.57. The maximum absolute atomic E-state index is 4.88. The largest absolute Gasteiger partial charge is 0.387 e. The lowest BCUT2D eigenvalue weighted by Gasteiger charge is -2.21. The number of hydrogen-bond donors (Lipinski definition) is 1. The number of anilines is 1. The van der Waals surface area contributed by atoms with Crippen molar-refractivity contribution in [2.24, 2.45) is 0 Å². The highest BCUT2D eigenvalue weighted by Gasteiger charge is 2.17. The molecule has 0 unspecified atom stereocenters. The van der Waals surface area contributed by atoms with Crippen LogP contribution < -0.4 is 5.32 Å². The number of fused-ring (bicyclic) bond motifs is 2. The fraction of sp³-hybridized carbons (Fsp3) is 0.471. The van der Waals surface area contributed by atoms with E-state index in [4.69, 9.17) is 4.98 Å². The first-order valence-electron chi connectivity index (χ1n) is 7.34. The molecule has 1 aliphatic rings. The Balaban J connectivity index is 2.28. The first kappa shape index (κ1) is 12.5. The van der Waals surface area contributed by atoms with Crippen molar-refractivity contribution in [2.45, 2.75) is 45.4 Å². The predicted molar refractivity (Wildman–Crippen MR) is 82.0 cm³/mol. The number of pyridine rings is 1. The molecular formula is C17H22N2. The highest BCUT2D eigenvalue weighted by Crippen LogP contribution is 2.34. The van der Waals surface area contributed by atoms with Crippen molar-refractivity contribution in [3.05, 3.63) is 35.0 Å². The molecule has 0 fully saturated rings. The molecule has 0 atom stereocenters. The third-order valence-electron chi connectivity index (χ3n) is 4.20. The van der Waals surface area contributed by atoms with E-state index in [1.165, 1.54) is 47.2 Å². The summed E-state index contributed by atoms with van der Waals surface area (Å²) in [5.41, 5.74) is 6.58. The average molecular weight is 254 g/mol. The van der Waals surface area contributed by atoms with E-state index in [1.54, 1.807) is 0 Å². The van der Waals surface area contributed by atoms with Crippen LogP contribution >= 0.6 is 0 Å². The normalized spacial score (nSPS) is 14.7. The lowest BCUT2D eigenvalue weighted by molar-refractivity contribution is 0.672. The highest BCUT2D eigenvalue weighted by molar-refractivity contribution is 5.94. The van der Waals surface area contributed by atoms with Crippen molar-refractivity contribution in [1.82, 2.24) is 4.98 Å². The molecule has 1 aromatic heterocycles. The van der Waals surface area contributed by atoms with E-state index in [0.717, 1.165) is 11.9 Å². The third-order valence-corrected chi connectivity index (χ3v) is 4.20. The first-order chi connectivity index (χ1) is 9.20. The molecule has 1 aromatic carbocycles. The van der Waals surface area contributed by atoms with Gasteiger partial charge in [-0.2, -0.15) is 0 Å². The number of hydrogen-bond acceptors (Lipinski definition) is 2. The zero-order valence-electron chi connectivity index (χ0n) is 12.1. The summed E-state index contributed by atoms with van der Waals surface area (Å²) in [6, 6.07) is 6.71. The molecular weight excluding hydrogens is 232 g/mol. The standard InChI is InChI=1S/C17H22N2/c1-11(2)12-8-9-16-14(10-12)17(18-3)13-6-4-5-7-15(13)19-16/h8-11H,4-7H2,1-3H3,(H,18,19). The summed E-state index contributed by atoms with van der Waals surface area (Å²) >= 11 is 0. The van der Waals surface area contributed by atoms with Crippen LogP contribution in [0.2, 0.25) is 0 Å². The fourth-order valence-corrected chi connectivity index (χ4v) is 3.09. The van der Waals surface area contributed by atoms with E-state index in [-0.39, 0.29) is 0 Å². The van der Waals surface area contributed by atoms with E-state index in [9.17, 15) is 0 Å². The lowest BCUT2D eigenvalue weighted by atomic mass is 9.91. The Morgan fingerprint density at radius 2 is 1.95 bits per heavy atom. The van der Waals surface area contributed by atoms with Gasteiger partial charge < -0.3 is 5.32 Å². The number of nitrogens with one attached hydrogen (secondary N) is 1. The third kappa shape index (κ3) is 2.09. The molecule has 0 aliphatic heterocycles. The van der Waals surface area contributed by atoms with Crippen LogP contribution in [0.3, 0.4) is 0 Å². The van der Waals surface area contributed by atoms with Gasteiger partial charge in [0.2, 0.25) is 0 Å². The summed E-state index contributed by atoms with van der Waals surface area (Å²) in [4.78, 5) is 4.88. The topological polar surface area (TPSA) is 24.9 Å². The molecule has 100 valence electrons. The van der Waals surface area contributed by atoms with Crippen molar-refractivity contribution in [3.8, 4) is 0 Å². The Kier molecular flexibility index (Phi) is 3.17. The van der Waals surface area contributed by atoms with Crippen LogP contribution in [0.25, 0.3) is 10.9 Å². The Bertz CT molecular complexity index is 614. The number of nitrogens with zero attached hydrogens (tertiary/aromatic N) is 1. The van der Waals surface area contributed by atoms with E-state index in [0.29, 0.717) is 5.92 Å². The maximum Gasteiger partial charge on any atom is 0.0726 e. The van der Waals surface area contributed by atoms with Crippen LogP contribution in [-0.4, -0.2) is 12.0 Å². The van der Waals surface area contributed by atoms with Gasteiger partial charge in [0.1, 0.15) is 0 Å². The minimum atomic E-state index is 0.560. The molecule has 0 bridgehead atoms. The number of aryl methyl sites for hydroxylation is 1. The summed E-state index contributed by atoms with van der Waals surface area (Å²) < 4.78 is 0. The molecule has 1 heterocycles. The molecule has 2 nitrogen and oxygen atoms in total. The molecule has 0 spiro atoms. The molecule has 2 heteroatoms. The van der Waals surface area contributed by atoms with Gasteiger partial charge in [-0.3, -0.25) is 4.98 Å². The predicted octanol–water partition coefficient (Wildman–Crippen LogP) is 4.28. The zero-order chi connectivity index (χ0) is 13.4. The van der Waals surface area contributed by atoms with Crippen LogP contribution in [-0.2, 0) is 12.8 Å². The van der Waals surface area contributed by atoms with Crippen molar-refractivity contribution in [1.29, 1.82) is 0 Å². The molecule has 0 radical (unpaired) electrons. The second-order valence-electron chi connectivity index (χ2n) is 5.80. The van der Waals surface area contributed by atoms with E-state index < -0.39 is 0 Å². The van der Waals surface area contributed by atoms with Crippen LogP contribution in [0.15, 0.2) is 18.2 Å². The van der Waals surface area contributed by atoms with Crippen molar-refractivity contribution >= 4 is 16.6 Å². The smallest absolute Gasteiger partial charge is 0.0726 e. The zero-order valence-corrected chi connectivity index (χ0v) is 12.1. The summed E-state index contributed by atoms with van der Waals surface area (Å²) in [5.74, 6) is 0.560. The van der Waals surface area contributed by atoms with Gasteiger partial charge >= 0.3 is 0 Å². The SMILES string of the molecule is CNc1c2c(nc3ccc(C(C)C)cc13)CCCC2. The minimum absolute atomic E-state index is 0.560. The van der Waals surface area contributed by atoms with Crippen LogP contribution in [0, 0.1) is 0 Å². The molecule has 0 saturated carbocycles. The lowest BCUT2D eigenvalue weighted by Crippen LogP contribution is -2.09. The van der Waals surface area contributed by atoms with Crippen molar-refractivity contribution in [2.75, 3.05) is 12.4 Å². The molecule has 0 saturated heterocycles. The fourth-order valence-electron chi connectivity index (χ4n) is 3.09. The summed E-state index contributed by atoms with van der Waals surface area (Å²) in [7, 11) is 2.03. The van der Waals surface area contributed by atoms with E-state index >= 15 is 0 Å².